The van der Waals surface area contributed by atoms with E-state index in [2.05, 4.69) is 5.32 Å². The van der Waals surface area contributed by atoms with Gasteiger partial charge in [-0.1, -0.05) is 6.92 Å². The summed E-state index contributed by atoms with van der Waals surface area (Å²) in [5.74, 6) is -2.80. The molecule has 1 aliphatic rings. The molecule has 2 unspecified atom stereocenters. The normalized spacial score (nSPS) is 23.4. The molecule has 96 valence electrons. The topological polar surface area (TPSA) is 107 Å². The molecule has 1 amide bonds. The number of hydrogen-bond acceptors (Lipinski definition) is 4. The van der Waals surface area contributed by atoms with Crippen molar-refractivity contribution in [1.29, 1.82) is 0 Å². The summed E-state index contributed by atoms with van der Waals surface area (Å²) in [6, 6.07) is -0.478. The zero-order chi connectivity index (χ0) is 13.0. The first kappa shape index (κ1) is 13.4. The van der Waals surface area contributed by atoms with E-state index in [-0.39, 0.29) is 5.92 Å². The number of carbonyl (C=O) groups is 3. The van der Waals surface area contributed by atoms with Gasteiger partial charge in [0.25, 0.3) is 0 Å². The lowest BCUT2D eigenvalue weighted by atomic mass is 10.0. The Morgan fingerprint density at radius 2 is 1.76 bits per heavy atom. The molecule has 3 N–H and O–H groups in total. The van der Waals surface area contributed by atoms with Gasteiger partial charge in [0, 0.05) is 0 Å². The Balaban J connectivity index is 2.70. The van der Waals surface area contributed by atoms with Gasteiger partial charge in [-0.15, -0.1) is 0 Å². The first-order valence-electron chi connectivity index (χ1n) is 5.37. The predicted octanol–water partition coefficient (Wildman–Crippen LogP) is -1.02. The van der Waals surface area contributed by atoms with Crippen LogP contribution in [0.15, 0.2) is 0 Å². The molecule has 1 heterocycles. The first-order chi connectivity index (χ1) is 7.91. The minimum absolute atomic E-state index is 0.0904. The molecular weight excluding hydrogens is 228 g/mol. The number of rotatable bonds is 5. The second kappa shape index (κ2) is 5.62. The number of aliphatic carboxylic acids is 2. The summed E-state index contributed by atoms with van der Waals surface area (Å²) in [6.45, 7) is 1.39. The molecule has 7 nitrogen and oxygen atoms in total. The van der Waals surface area contributed by atoms with E-state index in [0.29, 0.717) is 6.54 Å². The molecule has 0 radical (unpaired) electrons. The highest BCUT2D eigenvalue weighted by Gasteiger charge is 2.33. The van der Waals surface area contributed by atoms with Gasteiger partial charge in [0.2, 0.25) is 5.91 Å². The first-order valence-corrected chi connectivity index (χ1v) is 5.37. The molecule has 1 aliphatic heterocycles. The van der Waals surface area contributed by atoms with Gasteiger partial charge in [0.05, 0.1) is 6.04 Å². The summed E-state index contributed by atoms with van der Waals surface area (Å²) in [4.78, 5) is 34.0. The highest BCUT2D eigenvalue weighted by Crippen LogP contribution is 2.16. The van der Waals surface area contributed by atoms with E-state index in [9.17, 15) is 14.4 Å². The van der Waals surface area contributed by atoms with Crippen molar-refractivity contribution in [2.75, 3.05) is 19.6 Å². The molecule has 1 fully saturated rings. The summed E-state index contributed by atoms with van der Waals surface area (Å²) in [6.07, 6.45) is 0.824. The van der Waals surface area contributed by atoms with Crippen molar-refractivity contribution in [3.8, 4) is 0 Å². The maximum Gasteiger partial charge on any atom is 0.323 e. The molecule has 17 heavy (non-hydrogen) atoms. The van der Waals surface area contributed by atoms with Crippen LogP contribution in [0.25, 0.3) is 0 Å². The Hall–Kier alpha value is -1.63. The third-order valence-electron chi connectivity index (χ3n) is 2.76. The van der Waals surface area contributed by atoms with Crippen LogP contribution in [0.4, 0.5) is 0 Å². The predicted molar refractivity (Wildman–Crippen MR) is 57.4 cm³/mol. The van der Waals surface area contributed by atoms with Gasteiger partial charge >= 0.3 is 11.9 Å². The fraction of sp³-hybridized carbons (Fsp3) is 0.700. The molecule has 0 bridgehead atoms. The van der Waals surface area contributed by atoms with Crippen molar-refractivity contribution in [1.82, 2.24) is 10.2 Å². The highest BCUT2D eigenvalue weighted by atomic mass is 16.4. The van der Waals surface area contributed by atoms with Gasteiger partial charge in [-0.3, -0.25) is 14.4 Å². The number of carboxylic acid groups (broad SMARTS) is 2. The molecular formula is C10H16N2O5. The number of hydrogen-bond donors (Lipinski definition) is 3. The van der Waals surface area contributed by atoms with Gasteiger partial charge in [0.15, 0.2) is 0 Å². The smallest absolute Gasteiger partial charge is 0.323 e. The Kier molecular flexibility index (Phi) is 4.45. The minimum atomic E-state index is -1.22. The largest absolute Gasteiger partial charge is 0.480 e. The van der Waals surface area contributed by atoms with E-state index in [1.165, 1.54) is 0 Å². The molecule has 0 saturated carbocycles. The van der Waals surface area contributed by atoms with E-state index >= 15 is 0 Å². The number of carboxylic acids is 2. The van der Waals surface area contributed by atoms with Crippen LogP contribution in [0.3, 0.4) is 0 Å². The average molecular weight is 244 g/mol. The van der Waals surface area contributed by atoms with E-state index in [4.69, 9.17) is 10.2 Å². The van der Waals surface area contributed by atoms with Crippen LogP contribution in [0.2, 0.25) is 0 Å². The number of nitrogens with zero attached hydrogens (tertiary/aromatic N) is 1. The summed E-state index contributed by atoms with van der Waals surface area (Å²) in [5, 5.41) is 20.3. The fourth-order valence-corrected chi connectivity index (χ4v) is 1.90. The van der Waals surface area contributed by atoms with Crippen LogP contribution in [0.5, 0.6) is 0 Å². The number of nitrogens with one attached hydrogen (secondary N) is 1. The zero-order valence-corrected chi connectivity index (χ0v) is 9.55. The third kappa shape index (κ3) is 3.70. The molecule has 1 saturated heterocycles. The highest BCUT2D eigenvalue weighted by molar-refractivity contribution is 5.88. The lowest BCUT2D eigenvalue weighted by molar-refractivity contribution is -0.150. The van der Waals surface area contributed by atoms with Crippen molar-refractivity contribution in [2.24, 2.45) is 5.92 Å². The third-order valence-corrected chi connectivity index (χ3v) is 2.76. The quantitative estimate of drug-likeness (QED) is 0.571. The zero-order valence-electron chi connectivity index (χ0n) is 9.55. The van der Waals surface area contributed by atoms with E-state index < -0.39 is 37.0 Å². The summed E-state index contributed by atoms with van der Waals surface area (Å²) >= 11 is 0. The van der Waals surface area contributed by atoms with Gasteiger partial charge < -0.3 is 20.4 Å². The van der Waals surface area contributed by atoms with Gasteiger partial charge in [0.1, 0.15) is 13.1 Å². The van der Waals surface area contributed by atoms with E-state index in [0.717, 1.165) is 11.3 Å². The Morgan fingerprint density at radius 1 is 1.24 bits per heavy atom. The van der Waals surface area contributed by atoms with Crippen LogP contribution < -0.4 is 5.32 Å². The second-order valence-electron chi connectivity index (χ2n) is 4.18. The fourth-order valence-electron chi connectivity index (χ4n) is 1.90. The number of amides is 1. The monoisotopic (exact) mass is 244 g/mol. The molecule has 2 atom stereocenters. The van der Waals surface area contributed by atoms with Gasteiger partial charge in [-0.2, -0.15) is 0 Å². The molecule has 7 heteroatoms. The SMILES string of the molecule is CC1CCNC1C(=O)N(CC(=O)O)CC(=O)O. The van der Waals surface area contributed by atoms with E-state index in [1.54, 1.807) is 0 Å². The van der Waals surface area contributed by atoms with Crippen molar-refractivity contribution >= 4 is 17.8 Å². The number of carbonyl (C=O) groups excluding carboxylic acids is 1. The maximum atomic E-state index is 12.0. The lowest BCUT2D eigenvalue weighted by Gasteiger charge is -2.24. The average Bonchev–Trinajstić information content (AvgIpc) is 2.61. The second-order valence-corrected chi connectivity index (χ2v) is 4.18. The van der Waals surface area contributed by atoms with Crippen LogP contribution >= 0.6 is 0 Å². The summed E-state index contributed by atoms with van der Waals surface area (Å²) in [5.41, 5.74) is 0. The van der Waals surface area contributed by atoms with Crippen molar-refractivity contribution in [3.05, 3.63) is 0 Å². The minimum Gasteiger partial charge on any atom is -0.480 e. The summed E-state index contributed by atoms with van der Waals surface area (Å²) in [7, 11) is 0. The molecule has 0 aromatic heterocycles. The Bertz CT molecular complexity index is 315. The maximum absolute atomic E-state index is 12.0. The lowest BCUT2D eigenvalue weighted by Crippen LogP contribution is -2.49. The van der Waals surface area contributed by atoms with Crippen LogP contribution in [-0.2, 0) is 14.4 Å². The molecule has 0 aliphatic carbocycles. The van der Waals surface area contributed by atoms with Gasteiger partial charge in [-0.05, 0) is 18.9 Å². The Morgan fingerprint density at radius 3 is 2.12 bits per heavy atom. The van der Waals surface area contributed by atoms with Crippen molar-refractivity contribution in [2.45, 2.75) is 19.4 Å². The molecule has 0 aromatic carbocycles. The molecule has 0 aromatic rings. The van der Waals surface area contributed by atoms with Crippen molar-refractivity contribution < 1.29 is 24.6 Å². The van der Waals surface area contributed by atoms with Crippen LogP contribution in [-0.4, -0.2) is 58.6 Å². The summed E-state index contributed by atoms with van der Waals surface area (Å²) < 4.78 is 0. The standard InChI is InChI=1S/C10H16N2O5/c1-6-2-3-11-9(6)10(17)12(4-7(13)14)5-8(15)16/h6,9,11H,2-5H2,1H3,(H,13,14)(H,15,16). The van der Waals surface area contributed by atoms with Crippen molar-refractivity contribution in [3.63, 3.8) is 0 Å². The molecule has 1 rings (SSSR count). The van der Waals surface area contributed by atoms with E-state index in [1.807, 2.05) is 6.92 Å². The molecule has 0 spiro atoms. The van der Waals surface area contributed by atoms with Gasteiger partial charge in [-0.25, -0.2) is 0 Å². The Labute approximate surface area is 98.4 Å². The van der Waals surface area contributed by atoms with Crippen LogP contribution in [0.1, 0.15) is 13.3 Å². The van der Waals surface area contributed by atoms with Crippen LogP contribution in [0, 0.1) is 5.92 Å².